The van der Waals surface area contributed by atoms with Crippen molar-refractivity contribution in [2.24, 2.45) is 0 Å². The van der Waals surface area contributed by atoms with E-state index in [-0.39, 0.29) is 5.69 Å². The van der Waals surface area contributed by atoms with Crippen molar-refractivity contribution in [3.05, 3.63) is 77.5 Å². The van der Waals surface area contributed by atoms with E-state index < -0.39 is 18.1 Å². The Labute approximate surface area is 169 Å². The molecule has 1 unspecified atom stereocenters. The monoisotopic (exact) mass is 412 g/mol. The molecule has 30 heavy (non-hydrogen) atoms. The van der Waals surface area contributed by atoms with Gasteiger partial charge in [0.05, 0.1) is 22.9 Å². The number of hydrogen-bond acceptors (Lipinski definition) is 6. The maximum Gasteiger partial charge on any atom is 0.416 e. The van der Waals surface area contributed by atoms with E-state index in [0.717, 1.165) is 12.1 Å². The third-order valence-corrected chi connectivity index (χ3v) is 4.71. The molecule has 0 saturated carbocycles. The molecule has 0 radical (unpaired) electrons. The van der Waals surface area contributed by atoms with E-state index in [9.17, 15) is 18.3 Å². The summed E-state index contributed by atoms with van der Waals surface area (Å²) >= 11 is 0. The molecule has 1 aliphatic rings. The minimum Gasteiger partial charge on any atom is -0.356 e. The lowest BCUT2D eigenvalue weighted by Crippen LogP contribution is -2.37. The van der Waals surface area contributed by atoms with Gasteiger partial charge in [-0.1, -0.05) is 6.07 Å². The average Bonchev–Trinajstić information content (AvgIpc) is 3.31. The van der Waals surface area contributed by atoms with Crippen molar-refractivity contribution in [1.82, 2.24) is 20.1 Å². The van der Waals surface area contributed by atoms with Gasteiger partial charge in [-0.25, -0.2) is 9.67 Å². The van der Waals surface area contributed by atoms with E-state index in [0.29, 0.717) is 28.5 Å². The molecule has 0 saturated heterocycles. The molecule has 4 rings (SSSR count). The molecule has 0 bridgehead atoms. The van der Waals surface area contributed by atoms with Gasteiger partial charge in [-0.2, -0.15) is 23.5 Å². The lowest BCUT2D eigenvalue weighted by Gasteiger charge is -2.24. The first-order valence-electron chi connectivity index (χ1n) is 8.82. The van der Waals surface area contributed by atoms with E-state index in [1.54, 1.807) is 31.2 Å². The van der Waals surface area contributed by atoms with Gasteiger partial charge in [0.25, 0.3) is 0 Å². The smallest absolute Gasteiger partial charge is 0.356 e. The number of aromatic nitrogens is 3. The van der Waals surface area contributed by atoms with E-state index in [1.165, 1.54) is 28.0 Å². The Morgan fingerprint density at radius 2 is 1.87 bits per heavy atom. The van der Waals surface area contributed by atoms with Gasteiger partial charge in [-0.3, -0.25) is 0 Å². The van der Waals surface area contributed by atoms with Gasteiger partial charge in [-0.05, 0) is 49.4 Å². The quantitative estimate of drug-likeness (QED) is 0.687. The SMILES string of the molecule is CC1=C(c2ncnn2-c2ccc(C#N)cc2)NC(O)N1c1cccc(C(F)(F)F)c1. The van der Waals surface area contributed by atoms with Crippen LogP contribution in [-0.2, 0) is 6.18 Å². The Morgan fingerprint density at radius 3 is 2.53 bits per heavy atom. The summed E-state index contributed by atoms with van der Waals surface area (Å²) in [5, 5.41) is 26.5. The topological polar surface area (TPSA) is 90.0 Å². The zero-order valence-electron chi connectivity index (χ0n) is 15.6. The van der Waals surface area contributed by atoms with Crippen LogP contribution in [0.1, 0.15) is 23.9 Å². The molecule has 1 atom stereocenters. The maximum absolute atomic E-state index is 13.1. The molecule has 2 N–H and O–H groups in total. The highest BCUT2D eigenvalue weighted by atomic mass is 19.4. The molecule has 0 spiro atoms. The Hall–Kier alpha value is -3.84. The fraction of sp³-hybridized carbons (Fsp3) is 0.150. The van der Waals surface area contributed by atoms with Crippen LogP contribution < -0.4 is 10.2 Å². The van der Waals surface area contributed by atoms with E-state index in [4.69, 9.17) is 5.26 Å². The number of halogens is 3. The third kappa shape index (κ3) is 3.35. The number of hydrogen-bond donors (Lipinski definition) is 2. The number of benzene rings is 2. The number of aliphatic hydroxyl groups is 1. The molecule has 2 heterocycles. The van der Waals surface area contributed by atoms with Crippen LogP contribution in [0.4, 0.5) is 18.9 Å². The number of rotatable bonds is 3. The number of alkyl halides is 3. The Bertz CT molecular complexity index is 1160. The molecule has 0 fully saturated rings. The number of aliphatic hydroxyl groups excluding tert-OH is 1. The molecule has 2 aromatic carbocycles. The molecule has 10 heteroatoms. The standard InChI is InChI=1S/C20H15F3N6O/c1-12-17(18-25-11-26-29(18)15-7-5-13(10-24)6-8-15)27-19(30)28(12)16-4-2-3-14(9-16)20(21,22)23/h2-9,11,19,27,30H,1H3. The zero-order valence-corrected chi connectivity index (χ0v) is 15.6. The number of allylic oxidation sites excluding steroid dienone is 1. The van der Waals surface area contributed by atoms with Crippen LogP contribution in [0.2, 0.25) is 0 Å². The number of anilines is 1. The first-order valence-corrected chi connectivity index (χ1v) is 8.82. The van der Waals surface area contributed by atoms with Crippen LogP contribution in [0, 0.1) is 11.3 Å². The van der Waals surface area contributed by atoms with Crippen LogP contribution in [0.5, 0.6) is 0 Å². The van der Waals surface area contributed by atoms with Crippen LogP contribution in [-0.4, -0.2) is 26.2 Å². The number of nitrogens with zero attached hydrogens (tertiary/aromatic N) is 5. The van der Waals surface area contributed by atoms with Crippen LogP contribution in [0.3, 0.4) is 0 Å². The Balaban J connectivity index is 1.74. The van der Waals surface area contributed by atoms with E-state index in [1.807, 2.05) is 6.07 Å². The second-order valence-corrected chi connectivity index (χ2v) is 6.55. The predicted molar refractivity (Wildman–Crippen MR) is 102 cm³/mol. The summed E-state index contributed by atoms with van der Waals surface area (Å²) in [6.07, 6.45) is -4.45. The van der Waals surface area contributed by atoms with E-state index >= 15 is 0 Å². The third-order valence-electron chi connectivity index (χ3n) is 4.71. The summed E-state index contributed by atoms with van der Waals surface area (Å²) in [6, 6.07) is 13.4. The Morgan fingerprint density at radius 1 is 1.13 bits per heavy atom. The van der Waals surface area contributed by atoms with Crippen LogP contribution in [0.15, 0.2) is 60.6 Å². The van der Waals surface area contributed by atoms with Crippen molar-refractivity contribution < 1.29 is 18.3 Å². The highest BCUT2D eigenvalue weighted by Gasteiger charge is 2.34. The largest absolute Gasteiger partial charge is 0.416 e. The van der Waals surface area contributed by atoms with Crippen molar-refractivity contribution in [3.8, 4) is 11.8 Å². The fourth-order valence-corrected chi connectivity index (χ4v) is 3.27. The highest BCUT2D eigenvalue weighted by molar-refractivity contribution is 5.73. The molecule has 1 aliphatic heterocycles. The molecule has 0 aliphatic carbocycles. The van der Waals surface area contributed by atoms with Gasteiger partial charge in [0.2, 0.25) is 6.35 Å². The summed E-state index contributed by atoms with van der Waals surface area (Å²) < 4.78 is 40.8. The zero-order chi connectivity index (χ0) is 21.5. The van der Waals surface area contributed by atoms with E-state index in [2.05, 4.69) is 15.4 Å². The minimum atomic E-state index is -4.50. The van der Waals surface area contributed by atoms with Gasteiger partial charge in [0, 0.05) is 11.4 Å². The highest BCUT2D eigenvalue weighted by Crippen LogP contribution is 2.35. The normalized spacial score (nSPS) is 16.5. The van der Waals surface area contributed by atoms with Gasteiger partial charge in [0.1, 0.15) is 12.0 Å². The van der Waals surface area contributed by atoms with Crippen molar-refractivity contribution in [1.29, 1.82) is 5.26 Å². The van der Waals surface area contributed by atoms with Gasteiger partial charge in [-0.15, -0.1) is 0 Å². The predicted octanol–water partition coefficient (Wildman–Crippen LogP) is 3.23. The minimum absolute atomic E-state index is 0.182. The van der Waals surface area contributed by atoms with Crippen molar-refractivity contribution in [2.75, 3.05) is 4.90 Å². The van der Waals surface area contributed by atoms with Crippen LogP contribution >= 0.6 is 0 Å². The first kappa shape index (κ1) is 19.5. The van der Waals surface area contributed by atoms with Crippen molar-refractivity contribution in [3.63, 3.8) is 0 Å². The summed E-state index contributed by atoms with van der Waals surface area (Å²) in [6.45, 7) is 1.66. The van der Waals surface area contributed by atoms with Gasteiger partial charge >= 0.3 is 6.18 Å². The second kappa shape index (κ2) is 7.20. The maximum atomic E-state index is 13.1. The summed E-state index contributed by atoms with van der Waals surface area (Å²) in [5.41, 5.74) is 1.39. The summed E-state index contributed by atoms with van der Waals surface area (Å²) in [7, 11) is 0. The second-order valence-electron chi connectivity index (χ2n) is 6.55. The molecule has 0 amide bonds. The molecular formula is C20H15F3N6O. The molecule has 152 valence electrons. The lowest BCUT2D eigenvalue weighted by atomic mass is 10.1. The number of nitriles is 1. The first-order chi connectivity index (χ1) is 14.3. The summed E-state index contributed by atoms with van der Waals surface area (Å²) in [4.78, 5) is 5.59. The fourth-order valence-electron chi connectivity index (χ4n) is 3.27. The summed E-state index contributed by atoms with van der Waals surface area (Å²) in [5.74, 6) is 0.366. The Kier molecular flexibility index (Phi) is 4.67. The van der Waals surface area contributed by atoms with Crippen molar-refractivity contribution >= 4 is 11.4 Å². The molecule has 3 aromatic rings. The molecular weight excluding hydrogens is 397 g/mol. The van der Waals surface area contributed by atoms with Gasteiger partial charge in [0.15, 0.2) is 5.82 Å². The lowest BCUT2D eigenvalue weighted by molar-refractivity contribution is -0.137. The van der Waals surface area contributed by atoms with Crippen LogP contribution in [0.25, 0.3) is 11.4 Å². The number of nitrogens with one attached hydrogen (secondary N) is 1. The molecule has 1 aromatic heterocycles. The van der Waals surface area contributed by atoms with Crippen molar-refractivity contribution in [2.45, 2.75) is 19.5 Å². The van der Waals surface area contributed by atoms with Gasteiger partial charge < -0.3 is 15.3 Å². The average molecular weight is 412 g/mol. The molecule has 7 nitrogen and oxygen atoms in total.